The number of carbonyl (C=O) groups excluding carboxylic acids is 1. The number of hydrogen-bond donors (Lipinski definition) is 2. The summed E-state index contributed by atoms with van der Waals surface area (Å²) in [6.45, 7) is 0.586. The fourth-order valence-electron chi connectivity index (χ4n) is 3.33. The molecule has 2 N–H and O–H groups in total. The van der Waals surface area contributed by atoms with Gasteiger partial charge in [0.2, 0.25) is 0 Å². The number of aromatic nitrogens is 5. The number of halogens is 1. The third-order valence-electron chi connectivity index (χ3n) is 5.18. The fraction of sp³-hybridized carbons (Fsp3) is 0.238. The maximum Gasteiger partial charge on any atom is 0.251 e. The van der Waals surface area contributed by atoms with Crippen LogP contribution in [0.3, 0.4) is 0 Å². The SMILES string of the molecule is Cn1nccc1CNc1nc(Br)cn2c(-c3ccc(C(=O)NC4CC4)cc3)cnc12. The van der Waals surface area contributed by atoms with Gasteiger partial charge < -0.3 is 10.6 Å². The standard InChI is InChI=1S/C21H20BrN7O/c1-28-16(8-9-25-28)10-23-19-20-24-11-17(29(20)12-18(22)27-19)13-2-4-14(5-3-13)21(30)26-15-6-7-15/h2-5,8-9,11-12,15H,6-7,10H2,1H3,(H,23,27)(H,26,30). The molecule has 1 amide bonds. The van der Waals surface area contributed by atoms with Gasteiger partial charge in [0.15, 0.2) is 11.5 Å². The van der Waals surface area contributed by atoms with Crippen LogP contribution >= 0.6 is 15.9 Å². The van der Waals surface area contributed by atoms with Crippen LogP contribution in [0.15, 0.2) is 53.5 Å². The number of aryl methyl sites for hydroxylation is 1. The Balaban J connectivity index is 1.43. The smallest absolute Gasteiger partial charge is 0.251 e. The lowest BCUT2D eigenvalue weighted by atomic mass is 10.1. The molecule has 0 saturated heterocycles. The van der Waals surface area contributed by atoms with Crippen LogP contribution in [0.1, 0.15) is 28.9 Å². The molecule has 1 aliphatic carbocycles. The first-order chi connectivity index (χ1) is 14.6. The van der Waals surface area contributed by atoms with E-state index in [0.717, 1.165) is 35.4 Å². The van der Waals surface area contributed by atoms with Crippen LogP contribution in [0.5, 0.6) is 0 Å². The molecule has 0 radical (unpaired) electrons. The van der Waals surface area contributed by atoms with E-state index in [0.29, 0.717) is 28.6 Å². The van der Waals surface area contributed by atoms with Gasteiger partial charge >= 0.3 is 0 Å². The van der Waals surface area contributed by atoms with Gasteiger partial charge in [0.1, 0.15) is 4.60 Å². The molecule has 152 valence electrons. The summed E-state index contributed by atoms with van der Waals surface area (Å²) in [5, 5.41) is 10.5. The Morgan fingerprint density at radius 3 is 2.73 bits per heavy atom. The average molecular weight is 466 g/mol. The first kappa shape index (κ1) is 18.8. The predicted molar refractivity (Wildman–Crippen MR) is 117 cm³/mol. The molecule has 0 atom stereocenters. The van der Waals surface area contributed by atoms with Crippen molar-refractivity contribution in [1.82, 2.24) is 29.5 Å². The molecule has 0 aliphatic heterocycles. The Morgan fingerprint density at radius 1 is 1.23 bits per heavy atom. The number of carbonyl (C=O) groups is 1. The maximum atomic E-state index is 12.2. The molecule has 1 aromatic carbocycles. The second-order valence-corrected chi connectivity index (χ2v) is 8.19. The van der Waals surface area contributed by atoms with Crippen molar-refractivity contribution in [3.05, 3.63) is 64.8 Å². The third-order valence-corrected chi connectivity index (χ3v) is 5.56. The Labute approximate surface area is 181 Å². The molecular formula is C21H20BrN7O. The van der Waals surface area contributed by atoms with E-state index in [4.69, 9.17) is 0 Å². The van der Waals surface area contributed by atoms with Crippen LogP contribution in [0, 0.1) is 0 Å². The van der Waals surface area contributed by atoms with E-state index in [1.165, 1.54) is 0 Å². The minimum absolute atomic E-state index is 0.0178. The molecule has 1 aliphatic rings. The largest absolute Gasteiger partial charge is 0.361 e. The van der Waals surface area contributed by atoms with Crippen LogP contribution in [0.25, 0.3) is 16.9 Å². The van der Waals surface area contributed by atoms with Crippen molar-refractivity contribution in [2.75, 3.05) is 5.32 Å². The molecule has 3 heterocycles. The second kappa shape index (κ2) is 7.56. The van der Waals surface area contributed by atoms with Crippen LogP contribution in [0.2, 0.25) is 0 Å². The van der Waals surface area contributed by atoms with Gasteiger partial charge in [-0.05, 0) is 47.0 Å². The van der Waals surface area contributed by atoms with Crippen LogP contribution in [-0.2, 0) is 13.6 Å². The molecule has 1 fully saturated rings. The number of nitrogens with one attached hydrogen (secondary N) is 2. The summed E-state index contributed by atoms with van der Waals surface area (Å²) in [6.07, 6.45) is 7.62. The molecule has 9 heteroatoms. The molecule has 0 unspecified atom stereocenters. The Kier molecular flexibility index (Phi) is 4.74. The van der Waals surface area contributed by atoms with Crippen LogP contribution < -0.4 is 10.6 Å². The van der Waals surface area contributed by atoms with Crippen LogP contribution in [0.4, 0.5) is 5.82 Å². The number of amides is 1. The molecule has 1 saturated carbocycles. The first-order valence-electron chi connectivity index (χ1n) is 9.74. The molecule has 5 rings (SSSR count). The number of benzene rings is 1. The Bertz CT molecular complexity index is 1220. The van der Waals surface area contributed by atoms with E-state index in [1.807, 2.05) is 58.9 Å². The summed E-state index contributed by atoms with van der Waals surface area (Å²) in [5.41, 5.74) is 4.33. The van der Waals surface area contributed by atoms with Crippen molar-refractivity contribution in [3.8, 4) is 11.3 Å². The summed E-state index contributed by atoms with van der Waals surface area (Å²) in [5.74, 6) is 0.660. The van der Waals surface area contributed by atoms with E-state index in [1.54, 1.807) is 6.20 Å². The van der Waals surface area contributed by atoms with Gasteiger partial charge in [-0.15, -0.1) is 0 Å². The molecule has 0 bridgehead atoms. The van der Waals surface area contributed by atoms with E-state index in [-0.39, 0.29) is 5.91 Å². The second-order valence-electron chi connectivity index (χ2n) is 7.37. The molecule has 30 heavy (non-hydrogen) atoms. The number of nitrogens with zero attached hydrogens (tertiary/aromatic N) is 5. The molecule has 0 spiro atoms. The van der Waals surface area contributed by atoms with Gasteiger partial charge in [0.05, 0.1) is 24.1 Å². The predicted octanol–water partition coefficient (Wildman–Crippen LogP) is 3.40. The average Bonchev–Trinajstić information content (AvgIpc) is 3.30. The first-order valence-corrected chi connectivity index (χ1v) is 10.5. The van der Waals surface area contributed by atoms with Crippen molar-refractivity contribution in [2.45, 2.75) is 25.4 Å². The third kappa shape index (κ3) is 3.68. The normalized spacial score (nSPS) is 13.5. The van der Waals surface area contributed by atoms with Gasteiger partial charge in [0, 0.05) is 36.6 Å². The zero-order chi connectivity index (χ0) is 20.7. The molecule has 8 nitrogen and oxygen atoms in total. The molecule has 4 aromatic rings. The van der Waals surface area contributed by atoms with Crippen molar-refractivity contribution < 1.29 is 4.79 Å². The van der Waals surface area contributed by atoms with Gasteiger partial charge in [-0.3, -0.25) is 13.9 Å². The number of fused-ring (bicyclic) bond motifs is 1. The lowest BCUT2D eigenvalue weighted by Crippen LogP contribution is -2.25. The van der Waals surface area contributed by atoms with Gasteiger partial charge in [-0.2, -0.15) is 5.10 Å². The van der Waals surface area contributed by atoms with Crippen molar-refractivity contribution in [2.24, 2.45) is 7.05 Å². The van der Waals surface area contributed by atoms with E-state index in [9.17, 15) is 4.79 Å². The van der Waals surface area contributed by atoms with E-state index >= 15 is 0 Å². The summed E-state index contributed by atoms with van der Waals surface area (Å²) < 4.78 is 4.50. The summed E-state index contributed by atoms with van der Waals surface area (Å²) >= 11 is 3.50. The minimum Gasteiger partial charge on any atom is -0.361 e. The van der Waals surface area contributed by atoms with Crippen molar-refractivity contribution in [3.63, 3.8) is 0 Å². The lowest BCUT2D eigenvalue weighted by molar-refractivity contribution is 0.0951. The maximum absolute atomic E-state index is 12.2. The van der Waals surface area contributed by atoms with Crippen LogP contribution in [-0.4, -0.2) is 36.1 Å². The van der Waals surface area contributed by atoms with Crippen molar-refractivity contribution >= 4 is 33.3 Å². The number of hydrogen-bond acceptors (Lipinski definition) is 5. The van der Waals surface area contributed by atoms with Gasteiger partial charge in [-0.25, -0.2) is 9.97 Å². The zero-order valence-electron chi connectivity index (χ0n) is 16.3. The monoisotopic (exact) mass is 465 g/mol. The number of anilines is 1. The summed E-state index contributed by atoms with van der Waals surface area (Å²) in [7, 11) is 1.91. The highest BCUT2D eigenvalue weighted by Gasteiger charge is 2.23. The molecular weight excluding hydrogens is 446 g/mol. The van der Waals surface area contributed by atoms with E-state index in [2.05, 4.69) is 41.6 Å². The topological polar surface area (TPSA) is 89.1 Å². The lowest BCUT2D eigenvalue weighted by Gasteiger charge is -2.09. The van der Waals surface area contributed by atoms with Crippen molar-refractivity contribution in [1.29, 1.82) is 0 Å². The summed E-state index contributed by atoms with van der Waals surface area (Å²) in [6, 6.07) is 9.90. The van der Waals surface area contributed by atoms with Gasteiger partial charge in [0.25, 0.3) is 5.91 Å². The summed E-state index contributed by atoms with van der Waals surface area (Å²) in [4.78, 5) is 21.4. The fourth-order valence-corrected chi connectivity index (χ4v) is 3.71. The minimum atomic E-state index is -0.0178. The zero-order valence-corrected chi connectivity index (χ0v) is 17.9. The highest BCUT2D eigenvalue weighted by molar-refractivity contribution is 9.10. The highest BCUT2D eigenvalue weighted by Crippen LogP contribution is 2.26. The number of imidazole rings is 1. The van der Waals surface area contributed by atoms with Gasteiger partial charge in [-0.1, -0.05) is 12.1 Å². The Morgan fingerprint density at radius 2 is 2.03 bits per heavy atom. The van der Waals surface area contributed by atoms with E-state index < -0.39 is 0 Å². The number of rotatable bonds is 6. The quantitative estimate of drug-likeness (QED) is 0.455. The molecule has 3 aromatic heterocycles. The highest BCUT2D eigenvalue weighted by atomic mass is 79.9. The Hall–Kier alpha value is -3.20.